The summed E-state index contributed by atoms with van der Waals surface area (Å²) in [7, 11) is 0. The van der Waals surface area contributed by atoms with Gasteiger partial charge in [0.15, 0.2) is 6.21 Å². The fourth-order valence-corrected chi connectivity index (χ4v) is 1.40. The number of hydrogen-bond acceptors (Lipinski definition) is 1. The maximum atomic E-state index is 13.3. The molecule has 0 N–H and O–H groups in total. The van der Waals surface area contributed by atoms with E-state index < -0.39 is 11.6 Å². The monoisotopic (exact) mass is 233 g/mol. The first-order chi connectivity index (χ1) is 8.18. The van der Waals surface area contributed by atoms with Gasteiger partial charge in [-0.05, 0) is 12.1 Å². The lowest BCUT2D eigenvalue weighted by Crippen LogP contribution is -2.03. The van der Waals surface area contributed by atoms with Crippen LogP contribution >= 0.6 is 0 Å². The number of halogens is 2. The van der Waals surface area contributed by atoms with Crippen LogP contribution in [0.1, 0.15) is 5.56 Å². The third-order valence-electron chi connectivity index (χ3n) is 2.26. The summed E-state index contributed by atoms with van der Waals surface area (Å²) >= 11 is 0. The van der Waals surface area contributed by atoms with Crippen LogP contribution in [0, 0.1) is 16.8 Å². The number of nitrogens with zero attached hydrogens (tertiary/aromatic N) is 1. The summed E-state index contributed by atoms with van der Waals surface area (Å²) in [5.41, 5.74) is -0.0264. The van der Waals surface area contributed by atoms with Crippen LogP contribution in [0.3, 0.4) is 0 Å². The average Bonchev–Trinajstić information content (AvgIpc) is 2.35. The van der Waals surface area contributed by atoms with Crippen LogP contribution in [0.5, 0.6) is 0 Å². The topological polar surface area (TPSA) is 26.1 Å². The zero-order valence-electron chi connectivity index (χ0n) is 8.81. The summed E-state index contributed by atoms with van der Waals surface area (Å²) in [6, 6.07) is 11.7. The van der Waals surface area contributed by atoms with Crippen molar-refractivity contribution < 1.29 is 13.5 Å². The van der Waals surface area contributed by atoms with Gasteiger partial charge in [-0.3, -0.25) is 0 Å². The van der Waals surface area contributed by atoms with Crippen molar-refractivity contribution in [3.63, 3.8) is 0 Å². The zero-order chi connectivity index (χ0) is 12.3. The molecule has 2 nitrogen and oxygen atoms in total. The molecule has 2 rings (SSSR count). The van der Waals surface area contributed by atoms with Gasteiger partial charge in [-0.2, -0.15) is 4.74 Å². The standard InChI is InChI=1S/C13H9F2NO/c14-12-7-4-8-13(15)11(12)9-16(17)10-5-2-1-3-6-10/h1-9H. The van der Waals surface area contributed by atoms with E-state index in [1.165, 1.54) is 6.07 Å². The van der Waals surface area contributed by atoms with Crippen LogP contribution in [0.2, 0.25) is 0 Å². The van der Waals surface area contributed by atoms with Crippen LogP contribution in [-0.4, -0.2) is 11.0 Å². The minimum Gasteiger partial charge on any atom is -0.618 e. The molecule has 0 aliphatic heterocycles. The number of benzene rings is 2. The van der Waals surface area contributed by atoms with E-state index in [0.717, 1.165) is 18.3 Å². The van der Waals surface area contributed by atoms with E-state index in [9.17, 15) is 14.0 Å². The first kappa shape index (κ1) is 11.3. The SMILES string of the molecule is [O-][N+](=Cc1c(F)cccc1F)c1ccccc1. The fraction of sp³-hybridized carbons (Fsp3) is 0. The molecule has 0 heterocycles. The molecule has 0 spiro atoms. The third-order valence-corrected chi connectivity index (χ3v) is 2.26. The van der Waals surface area contributed by atoms with Gasteiger partial charge in [-0.1, -0.05) is 24.3 Å². The zero-order valence-corrected chi connectivity index (χ0v) is 8.81. The Morgan fingerprint density at radius 2 is 1.47 bits per heavy atom. The van der Waals surface area contributed by atoms with Gasteiger partial charge in [-0.25, -0.2) is 8.78 Å². The Balaban J connectivity index is 2.43. The molecule has 17 heavy (non-hydrogen) atoms. The second kappa shape index (κ2) is 4.74. The van der Waals surface area contributed by atoms with E-state index in [-0.39, 0.29) is 5.56 Å². The van der Waals surface area contributed by atoms with Crippen molar-refractivity contribution in [3.05, 3.63) is 70.9 Å². The molecule has 0 saturated carbocycles. The molecule has 86 valence electrons. The molecule has 0 radical (unpaired) electrons. The Labute approximate surface area is 97.0 Å². The quantitative estimate of drug-likeness (QED) is 0.338. The first-order valence-corrected chi connectivity index (χ1v) is 4.99. The normalized spacial score (nSPS) is 11.5. The summed E-state index contributed by atoms with van der Waals surface area (Å²) in [5, 5.41) is 11.6. The Kier molecular flexibility index (Phi) is 3.14. The summed E-state index contributed by atoms with van der Waals surface area (Å²) in [6.07, 6.45) is 0.889. The minimum atomic E-state index is -0.762. The predicted molar refractivity (Wildman–Crippen MR) is 61.3 cm³/mol. The number of rotatable bonds is 2. The van der Waals surface area contributed by atoms with Gasteiger partial charge in [0.25, 0.3) is 0 Å². The van der Waals surface area contributed by atoms with Crippen LogP contribution in [0.4, 0.5) is 14.5 Å². The number of hydrogen-bond donors (Lipinski definition) is 0. The van der Waals surface area contributed by atoms with Gasteiger partial charge in [0.1, 0.15) is 17.2 Å². The molecule has 4 heteroatoms. The lowest BCUT2D eigenvalue weighted by atomic mass is 10.2. The van der Waals surface area contributed by atoms with E-state index in [4.69, 9.17) is 0 Å². The third kappa shape index (κ3) is 2.47. The highest BCUT2D eigenvalue weighted by Gasteiger charge is 2.10. The molecule has 0 unspecified atom stereocenters. The highest BCUT2D eigenvalue weighted by Crippen LogP contribution is 2.13. The Morgan fingerprint density at radius 1 is 0.882 bits per heavy atom. The van der Waals surface area contributed by atoms with Crippen molar-refractivity contribution in [2.75, 3.05) is 0 Å². The van der Waals surface area contributed by atoms with Gasteiger partial charge >= 0.3 is 0 Å². The van der Waals surface area contributed by atoms with Gasteiger partial charge in [0.2, 0.25) is 5.69 Å². The van der Waals surface area contributed by atoms with E-state index >= 15 is 0 Å². The fourth-order valence-electron chi connectivity index (χ4n) is 1.40. The van der Waals surface area contributed by atoms with Crippen LogP contribution in [-0.2, 0) is 0 Å². The molecule has 0 aliphatic rings. The predicted octanol–water partition coefficient (Wildman–Crippen LogP) is 3.23. The van der Waals surface area contributed by atoms with E-state index in [1.54, 1.807) is 30.3 Å². The number of para-hydroxylation sites is 1. The molecule has 0 fully saturated rings. The van der Waals surface area contributed by atoms with Gasteiger partial charge in [0.05, 0.1) is 0 Å². The summed E-state index contributed by atoms with van der Waals surface area (Å²) in [5.74, 6) is -1.52. The van der Waals surface area contributed by atoms with E-state index in [1.807, 2.05) is 0 Å². The smallest absolute Gasteiger partial charge is 0.216 e. The largest absolute Gasteiger partial charge is 0.618 e. The molecule has 0 aromatic heterocycles. The molecule has 0 aliphatic carbocycles. The highest BCUT2D eigenvalue weighted by molar-refractivity contribution is 5.77. The second-order valence-electron chi connectivity index (χ2n) is 3.43. The maximum Gasteiger partial charge on any atom is 0.216 e. The summed E-state index contributed by atoms with van der Waals surface area (Å²) in [6.45, 7) is 0. The van der Waals surface area contributed by atoms with Crippen LogP contribution in [0.25, 0.3) is 0 Å². The summed E-state index contributed by atoms with van der Waals surface area (Å²) in [4.78, 5) is 0. The van der Waals surface area contributed by atoms with Crippen LogP contribution < -0.4 is 0 Å². The first-order valence-electron chi connectivity index (χ1n) is 4.99. The van der Waals surface area contributed by atoms with Crippen molar-refractivity contribution in [3.8, 4) is 0 Å². The van der Waals surface area contributed by atoms with Crippen molar-refractivity contribution in [2.45, 2.75) is 0 Å². The molecule has 2 aromatic rings. The Morgan fingerprint density at radius 3 is 2.06 bits per heavy atom. The van der Waals surface area contributed by atoms with Gasteiger partial charge in [0, 0.05) is 12.1 Å². The van der Waals surface area contributed by atoms with Crippen molar-refractivity contribution in [1.29, 1.82) is 0 Å². The van der Waals surface area contributed by atoms with Gasteiger partial charge < -0.3 is 5.21 Å². The van der Waals surface area contributed by atoms with Crippen molar-refractivity contribution in [2.24, 2.45) is 0 Å². The molecular weight excluding hydrogens is 224 g/mol. The van der Waals surface area contributed by atoms with Crippen LogP contribution in [0.15, 0.2) is 48.5 Å². The Hall–Kier alpha value is -2.23. The van der Waals surface area contributed by atoms with Gasteiger partial charge in [-0.15, -0.1) is 0 Å². The second-order valence-corrected chi connectivity index (χ2v) is 3.43. The van der Waals surface area contributed by atoms with Crippen molar-refractivity contribution in [1.82, 2.24) is 0 Å². The lowest BCUT2D eigenvalue weighted by Gasteiger charge is -2.03. The molecule has 2 aromatic carbocycles. The van der Waals surface area contributed by atoms with E-state index in [2.05, 4.69) is 0 Å². The molecule has 0 amide bonds. The highest BCUT2D eigenvalue weighted by atomic mass is 19.1. The molecule has 0 atom stereocenters. The minimum absolute atomic E-state index is 0.315. The molecule has 0 bridgehead atoms. The maximum absolute atomic E-state index is 13.3. The summed E-state index contributed by atoms with van der Waals surface area (Å²) < 4.78 is 27.0. The van der Waals surface area contributed by atoms with Crippen molar-refractivity contribution >= 4 is 11.9 Å². The Bertz CT molecular complexity index is 532. The average molecular weight is 233 g/mol. The lowest BCUT2D eigenvalue weighted by molar-refractivity contribution is -0.354. The molecular formula is C13H9F2NO. The van der Waals surface area contributed by atoms with E-state index in [0.29, 0.717) is 10.4 Å². The molecule has 0 saturated heterocycles.